The predicted octanol–water partition coefficient (Wildman–Crippen LogP) is 4.09. The quantitative estimate of drug-likeness (QED) is 0.594. The molecular formula is C13H20. The van der Waals surface area contributed by atoms with Crippen molar-refractivity contribution in [3.8, 4) is 0 Å². The Morgan fingerprint density at radius 3 is 2.62 bits per heavy atom. The summed E-state index contributed by atoms with van der Waals surface area (Å²) >= 11 is 0. The van der Waals surface area contributed by atoms with Crippen molar-refractivity contribution in [2.75, 3.05) is 0 Å². The number of fused-ring (bicyclic) bond motifs is 1. The zero-order valence-corrected chi connectivity index (χ0v) is 9.06. The van der Waals surface area contributed by atoms with Crippen LogP contribution in [0.4, 0.5) is 0 Å². The Bertz CT molecular complexity index is 268. The molecule has 0 aromatic rings. The molecule has 0 aromatic heterocycles. The van der Waals surface area contributed by atoms with Gasteiger partial charge in [-0.2, -0.15) is 0 Å². The molecule has 0 spiro atoms. The van der Waals surface area contributed by atoms with Crippen LogP contribution >= 0.6 is 0 Å². The van der Waals surface area contributed by atoms with E-state index < -0.39 is 0 Å². The van der Waals surface area contributed by atoms with Crippen molar-refractivity contribution in [1.82, 2.24) is 0 Å². The molecule has 1 fully saturated rings. The first-order valence-corrected chi connectivity index (χ1v) is 5.62. The first-order chi connectivity index (χ1) is 6.24. The molecule has 0 nitrogen and oxygen atoms in total. The number of hydrogen-bond acceptors (Lipinski definition) is 0. The molecule has 2 atom stereocenters. The van der Waals surface area contributed by atoms with Gasteiger partial charge in [-0.25, -0.2) is 0 Å². The van der Waals surface area contributed by atoms with Crippen molar-refractivity contribution in [3.05, 3.63) is 22.8 Å². The maximum Gasteiger partial charge on any atom is -0.0134 e. The molecule has 2 aliphatic carbocycles. The monoisotopic (exact) mass is 176 g/mol. The third-order valence-corrected chi connectivity index (χ3v) is 3.83. The molecule has 0 bridgehead atoms. The van der Waals surface area contributed by atoms with E-state index in [1.165, 1.54) is 25.7 Å². The van der Waals surface area contributed by atoms with Crippen molar-refractivity contribution < 1.29 is 0 Å². The minimum Gasteiger partial charge on any atom is -0.0776 e. The zero-order valence-electron chi connectivity index (χ0n) is 9.06. The molecule has 2 rings (SSSR count). The minimum absolute atomic E-state index is 0.908. The Labute approximate surface area is 81.7 Å². The summed E-state index contributed by atoms with van der Waals surface area (Å²) < 4.78 is 0. The second-order valence-electron chi connectivity index (χ2n) is 4.60. The molecule has 13 heavy (non-hydrogen) atoms. The van der Waals surface area contributed by atoms with Crippen LogP contribution in [0.15, 0.2) is 22.8 Å². The summed E-state index contributed by atoms with van der Waals surface area (Å²) in [6, 6.07) is 0. The lowest BCUT2D eigenvalue weighted by Gasteiger charge is -2.41. The fourth-order valence-corrected chi connectivity index (χ4v) is 2.78. The molecule has 0 aliphatic heterocycles. The van der Waals surface area contributed by atoms with E-state index in [0.717, 1.165) is 11.8 Å². The lowest BCUT2D eigenvalue weighted by Crippen LogP contribution is -2.29. The average molecular weight is 176 g/mol. The van der Waals surface area contributed by atoms with E-state index in [1.807, 2.05) is 0 Å². The van der Waals surface area contributed by atoms with Gasteiger partial charge in [-0.05, 0) is 50.5 Å². The molecule has 72 valence electrons. The second-order valence-corrected chi connectivity index (χ2v) is 4.60. The smallest absolute Gasteiger partial charge is 0.0134 e. The van der Waals surface area contributed by atoms with Crippen molar-refractivity contribution in [2.24, 2.45) is 11.8 Å². The van der Waals surface area contributed by atoms with Gasteiger partial charge in [0.05, 0.1) is 0 Å². The normalized spacial score (nSPS) is 32.4. The Morgan fingerprint density at radius 2 is 2.08 bits per heavy atom. The van der Waals surface area contributed by atoms with Crippen molar-refractivity contribution in [3.63, 3.8) is 0 Å². The standard InChI is InChI=1S/C13H20/c1-4-5-12-10(3)9(2)8-11-6-7-13(11)12/h8,11,13H,4-7H2,1-3H3/t11-,13?/m0/s1. The number of allylic oxidation sites excluding steroid dienone is 4. The maximum atomic E-state index is 2.50. The Kier molecular flexibility index (Phi) is 2.31. The lowest BCUT2D eigenvalue weighted by atomic mass is 9.64. The van der Waals surface area contributed by atoms with Gasteiger partial charge in [-0.1, -0.05) is 30.6 Å². The van der Waals surface area contributed by atoms with Crippen LogP contribution in [0.1, 0.15) is 46.5 Å². The van der Waals surface area contributed by atoms with Crippen molar-refractivity contribution in [2.45, 2.75) is 46.5 Å². The average Bonchev–Trinajstić information content (AvgIpc) is 2.08. The fraction of sp³-hybridized carbons (Fsp3) is 0.692. The van der Waals surface area contributed by atoms with Gasteiger partial charge in [-0.3, -0.25) is 0 Å². The van der Waals surface area contributed by atoms with Crippen LogP contribution in [0.3, 0.4) is 0 Å². The van der Waals surface area contributed by atoms with E-state index >= 15 is 0 Å². The molecule has 0 aromatic carbocycles. The highest BCUT2D eigenvalue weighted by Crippen LogP contribution is 2.47. The van der Waals surface area contributed by atoms with Gasteiger partial charge >= 0.3 is 0 Å². The maximum absolute atomic E-state index is 2.50. The van der Waals surface area contributed by atoms with Crippen LogP contribution in [-0.2, 0) is 0 Å². The predicted molar refractivity (Wildman–Crippen MR) is 57.6 cm³/mol. The first-order valence-electron chi connectivity index (χ1n) is 5.62. The van der Waals surface area contributed by atoms with Gasteiger partial charge in [0.1, 0.15) is 0 Å². The van der Waals surface area contributed by atoms with Crippen LogP contribution in [0.2, 0.25) is 0 Å². The molecule has 0 N–H and O–H groups in total. The first kappa shape index (κ1) is 9.05. The van der Waals surface area contributed by atoms with Gasteiger partial charge in [0.15, 0.2) is 0 Å². The van der Waals surface area contributed by atoms with Gasteiger partial charge in [-0.15, -0.1) is 0 Å². The lowest BCUT2D eigenvalue weighted by molar-refractivity contribution is 0.256. The second kappa shape index (κ2) is 3.32. The van der Waals surface area contributed by atoms with E-state index in [2.05, 4.69) is 26.8 Å². The molecule has 0 saturated heterocycles. The van der Waals surface area contributed by atoms with Gasteiger partial charge < -0.3 is 0 Å². The van der Waals surface area contributed by atoms with Crippen LogP contribution in [0.25, 0.3) is 0 Å². The SMILES string of the molecule is CCCC1=C(C)C(C)=C[C@@H]2CCC12. The highest BCUT2D eigenvalue weighted by atomic mass is 14.4. The van der Waals surface area contributed by atoms with Crippen molar-refractivity contribution >= 4 is 0 Å². The van der Waals surface area contributed by atoms with Gasteiger partial charge in [0.2, 0.25) is 0 Å². The highest BCUT2D eigenvalue weighted by molar-refractivity contribution is 5.40. The molecule has 0 radical (unpaired) electrons. The molecule has 0 heterocycles. The zero-order chi connectivity index (χ0) is 9.42. The number of hydrogen-bond donors (Lipinski definition) is 0. The van der Waals surface area contributed by atoms with E-state index in [-0.39, 0.29) is 0 Å². The molecule has 2 aliphatic rings. The van der Waals surface area contributed by atoms with Crippen LogP contribution in [-0.4, -0.2) is 0 Å². The Hall–Kier alpha value is -0.520. The van der Waals surface area contributed by atoms with E-state index in [1.54, 1.807) is 16.7 Å². The van der Waals surface area contributed by atoms with Gasteiger partial charge in [0, 0.05) is 0 Å². The van der Waals surface area contributed by atoms with Crippen molar-refractivity contribution in [1.29, 1.82) is 0 Å². The summed E-state index contributed by atoms with van der Waals surface area (Å²) in [6.07, 6.45) is 8.02. The summed E-state index contributed by atoms with van der Waals surface area (Å²) in [7, 11) is 0. The minimum atomic E-state index is 0.908. The summed E-state index contributed by atoms with van der Waals surface area (Å²) in [6.45, 7) is 6.88. The van der Waals surface area contributed by atoms with Crippen LogP contribution < -0.4 is 0 Å². The van der Waals surface area contributed by atoms with Gasteiger partial charge in [0.25, 0.3) is 0 Å². The summed E-state index contributed by atoms with van der Waals surface area (Å²) in [5.74, 6) is 1.84. The third kappa shape index (κ3) is 1.37. The topological polar surface area (TPSA) is 0 Å². The summed E-state index contributed by atoms with van der Waals surface area (Å²) in [5, 5.41) is 0. The Morgan fingerprint density at radius 1 is 1.31 bits per heavy atom. The third-order valence-electron chi connectivity index (χ3n) is 3.83. The van der Waals surface area contributed by atoms with E-state index in [9.17, 15) is 0 Å². The molecule has 1 unspecified atom stereocenters. The fourth-order valence-electron chi connectivity index (χ4n) is 2.78. The Balaban J connectivity index is 2.26. The number of rotatable bonds is 2. The van der Waals surface area contributed by atoms with Crippen LogP contribution in [0.5, 0.6) is 0 Å². The van der Waals surface area contributed by atoms with Crippen LogP contribution in [0, 0.1) is 11.8 Å². The summed E-state index contributed by atoms with van der Waals surface area (Å²) in [4.78, 5) is 0. The van der Waals surface area contributed by atoms with E-state index in [0.29, 0.717) is 0 Å². The highest BCUT2D eigenvalue weighted by Gasteiger charge is 2.35. The molecular weight excluding hydrogens is 156 g/mol. The molecule has 0 heteroatoms. The molecule has 0 amide bonds. The summed E-state index contributed by atoms with van der Waals surface area (Å²) in [5.41, 5.74) is 4.92. The van der Waals surface area contributed by atoms with E-state index in [4.69, 9.17) is 0 Å². The largest absolute Gasteiger partial charge is 0.0776 e. The molecule has 1 saturated carbocycles.